The Bertz CT molecular complexity index is 1430. The highest BCUT2D eigenvalue weighted by Crippen LogP contribution is 2.22. The molecule has 0 radical (unpaired) electrons. The third kappa shape index (κ3) is 6.07. The van der Waals surface area contributed by atoms with E-state index in [9.17, 15) is 19.8 Å². The second-order valence-corrected chi connectivity index (χ2v) is 8.73. The molecular weight excluding hydrogens is 478 g/mol. The number of rotatable bonds is 8. The van der Waals surface area contributed by atoms with Crippen LogP contribution >= 0.6 is 11.6 Å². The van der Waals surface area contributed by atoms with Gasteiger partial charge in [-0.1, -0.05) is 54.1 Å². The molecule has 0 aliphatic carbocycles. The van der Waals surface area contributed by atoms with Gasteiger partial charge in [-0.2, -0.15) is 0 Å². The number of phenolic OH excluding ortho intramolecular Hbond substituents is 1. The number of phenols is 1. The van der Waals surface area contributed by atoms with E-state index in [0.29, 0.717) is 22.3 Å². The van der Waals surface area contributed by atoms with E-state index in [2.05, 4.69) is 10.3 Å². The number of hydrogen-bond acceptors (Lipinski definition) is 5. The van der Waals surface area contributed by atoms with Crippen molar-refractivity contribution in [3.63, 3.8) is 0 Å². The number of aromatic nitrogens is 1. The molecule has 5 N–H and O–H groups in total. The zero-order valence-corrected chi connectivity index (χ0v) is 19.9. The van der Waals surface area contributed by atoms with Crippen LogP contribution in [-0.2, 0) is 6.42 Å². The molecule has 36 heavy (non-hydrogen) atoms. The standard InChI is InChI=1S/C28H24ClN3O4/c29-20-8-3-17(4-9-20)1-2-19-7-12-25-23(14-19)24(28(35)36)15-26(32-25)27(34)31-21(16-30)13-18-5-10-22(33)11-6-18/h1-12,14-15,21,33H,13,16,30H2,(H,31,34)(H,35,36)/b2-1+/t21-/m0/s1. The van der Waals surface area contributed by atoms with Crippen molar-refractivity contribution in [1.82, 2.24) is 10.3 Å². The van der Waals surface area contributed by atoms with Crippen molar-refractivity contribution in [3.8, 4) is 5.75 Å². The van der Waals surface area contributed by atoms with Gasteiger partial charge in [0.2, 0.25) is 0 Å². The molecule has 182 valence electrons. The SMILES string of the molecule is NC[C@H](Cc1ccc(O)cc1)NC(=O)c1cc(C(=O)O)c2cc(/C=C/c3ccc(Cl)cc3)ccc2n1. The number of carboxylic acid groups (broad SMARTS) is 1. The molecule has 7 nitrogen and oxygen atoms in total. The third-order valence-electron chi connectivity index (χ3n) is 5.67. The third-order valence-corrected chi connectivity index (χ3v) is 5.92. The van der Waals surface area contributed by atoms with E-state index < -0.39 is 17.9 Å². The first-order chi connectivity index (χ1) is 17.3. The number of carbonyl (C=O) groups is 2. The Morgan fingerprint density at radius 2 is 1.64 bits per heavy atom. The van der Waals surface area contributed by atoms with E-state index in [1.165, 1.54) is 6.07 Å². The van der Waals surface area contributed by atoms with Gasteiger partial charge in [0, 0.05) is 23.0 Å². The number of amides is 1. The van der Waals surface area contributed by atoms with Crippen LogP contribution in [0.1, 0.15) is 37.5 Å². The number of nitrogens with zero attached hydrogens (tertiary/aromatic N) is 1. The van der Waals surface area contributed by atoms with Crippen LogP contribution < -0.4 is 11.1 Å². The number of carbonyl (C=O) groups excluding carboxylic acids is 1. The minimum Gasteiger partial charge on any atom is -0.508 e. The molecule has 8 heteroatoms. The summed E-state index contributed by atoms with van der Waals surface area (Å²) in [6.07, 6.45) is 4.21. The van der Waals surface area contributed by atoms with Gasteiger partial charge in [0.25, 0.3) is 5.91 Å². The predicted octanol–water partition coefficient (Wildman–Crippen LogP) is 4.76. The Morgan fingerprint density at radius 1 is 0.972 bits per heavy atom. The van der Waals surface area contributed by atoms with Gasteiger partial charge in [-0.15, -0.1) is 0 Å². The highest BCUT2D eigenvalue weighted by atomic mass is 35.5. The van der Waals surface area contributed by atoms with Crippen LogP contribution in [0.15, 0.2) is 72.8 Å². The number of nitrogens with one attached hydrogen (secondary N) is 1. The van der Waals surface area contributed by atoms with E-state index in [4.69, 9.17) is 17.3 Å². The summed E-state index contributed by atoms with van der Waals surface area (Å²) in [5.41, 5.74) is 8.84. The van der Waals surface area contributed by atoms with Crippen LogP contribution in [0.2, 0.25) is 5.02 Å². The number of carboxylic acids is 1. The van der Waals surface area contributed by atoms with Crippen molar-refractivity contribution in [2.45, 2.75) is 12.5 Å². The molecule has 3 aromatic carbocycles. The van der Waals surface area contributed by atoms with Gasteiger partial charge in [0.05, 0.1) is 11.1 Å². The Kier molecular flexibility index (Phi) is 7.63. The van der Waals surface area contributed by atoms with Crippen LogP contribution in [0, 0.1) is 0 Å². The second kappa shape index (κ2) is 11.0. The van der Waals surface area contributed by atoms with Gasteiger partial charge in [-0.3, -0.25) is 4.79 Å². The molecule has 4 aromatic rings. The van der Waals surface area contributed by atoms with Crippen molar-refractivity contribution in [3.05, 3.63) is 106 Å². The maximum absolute atomic E-state index is 12.9. The molecule has 1 heterocycles. The quantitative estimate of drug-likeness (QED) is 0.258. The summed E-state index contributed by atoms with van der Waals surface area (Å²) >= 11 is 5.92. The lowest BCUT2D eigenvalue weighted by Gasteiger charge is -2.17. The van der Waals surface area contributed by atoms with Crippen LogP contribution in [0.4, 0.5) is 0 Å². The molecule has 0 saturated heterocycles. The number of pyridine rings is 1. The zero-order valence-electron chi connectivity index (χ0n) is 19.2. The number of fused-ring (bicyclic) bond motifs is 1. The molecule has 0 spiro atoms. The normalized spacial score (nSPS) is 12.1. The highest BCUT2D eigenvalue weighted by molar-refractivity contribution is 6.30. The van der Waals surface area contributed by atoms with Gasteiger partial charge in [0.15, 0.2) is 0 Å². The molecule has 0 unspecified atom stereocenters. The maximum atomic E-state index is 12.9. The Hall–Kier alpha value is -4.20. The number of nitrogens with two attached hydrogens (primary N) is 1. The van der Waals surface area contributed by atoms with E-state index in [1.54, 1.807) is 48.5 Å². The van der Waals surface area contributed by atoms with Gasteiger partial charge < -0.3 is 21.3 Å². The van der Waals surface area contributed by atoms with Gasteiger partial charge in [-0.25, -0.2) is 9.78 Å². The molecular formula is C28H24ClN3O4. The first kappa shape index (κ1) is 24.9. The number of aromatic carboxylic acids is 1. The Labute approximate surface area is 212 Å². The first-order valence-electron chi connectivity index (χ1n) is 11.2. The molecule has 1 amide bonds. The van der Waals surface area contributed by atoms with Gasteiger partial charge >= 0.3 is 5.97 Å². The summed E-state index contributed by atoms with van der Waals surface area (Å²) in [6.45, 7) is 0.176. The van der Waals surface area contributed by atoms with Gasteiger partial charge in [0.1, 0.15) is 11.4 Å². The van der Waals surface area contributed by atoms with Crippen molar-refractivity contribution in [2.75, 3.05) is 6.54 Å². The maximum Gasteiger partial charge on any atom is 0.336 e. The average Bonchev–Trinajstić information content (AvgIpc) is 2.88. The number of hydrogen-bond donors (Lipinski definition) is 4. The lowest BCUT2D eigenvalue weighted by molar-refractivity contribution is 0.0699. The van der Waals surface area contributed by atoms with Crippen molar-refractivity contribution >= 4 is 46.5 Å². The minimum absolute atomic E-state index is 0.00601. The molecule has 0 fully saturated rings. The molecule has 0 saturated carbocycles. The predicted molar refractivity (Wildman–Crippen MR) is 141 cm³/mol. The molecule has 1 atom stereocenters. The average molecular weight is 502 g/mol. The van der Waals surface area contributed by atoms with Crippen LogP contribution in [0.3, 0.4) is 0 Å². The first-order valence-corrected chi connectivity index (χ1v) is 11.6. The van der Waals surface area contributed by atoms with Crippen molar-refractivity contribution in [1.29, 1.82) is 0 Å². The fraction of sp³-hybridized carbons (Fsp3) is 0.107. The van der Waals surface area contributed by atoms with E-state index in [-0.39, 0.29) is 23.6 Å². The summed E-state index contributed by atoms with van der Waals surface area (Å²) < 4.78 is 0. The van der Waals surface area contributed by atoms with E-state index >= 15 is 0 Å². The molecule has 0 aliphatic rings. The molecule has 4 rings (SSSR count). The minimum atomic E-state index is -1.16. The topological polar surface area (TPSA) is 126 Å². The summed E-state index contributed by atoms with van der Waals surface area (Å²) in [5, 5.41) is 23.2. The summed E-state index contributed by atoms with van der Waals surface area (Å²) in [5.74, 6) is -1.52. The fourth-order valence-corrected chi connectivity index (χ4v) is 3.90. The number of halogens is 1. The second-order valence-electron chi connectivity index (χ2n) is 8.30. The van der Waals surface area contributed by atoms with Crippen LogP contribution in [-0.4, -0.2) is 39.7 Å². The fourth-order valence-electron chi connectivity index (χ4n) is 3.78. The van der Waals surface area contributed by atoms with Crippen LogP contribution in [0.5, 0.6) is 5.75 Å². The monoisotopic (exact) mass is 501 g/mol. The summed E-state index contributed by atoms with van der Waals surface area (Å²) in [6, 6.07) is 20.1. The molecule has 1 aromatic heterocycles. The largest absolute Gasteiger partial charge is 0.508 e. The van der Waals surface area contributed by atoms with Crippen molar-refractivity contribution in [2.24, 2.45) is 5.73 Å². The summed E-state index contributed by atoms with van der Waals surface area (Å²) in [4.78, 5) is 29.4. The van der Waals surface area contributed by atoms with Crippen molar-refractivity contribution < 1.29 is 19.8 Å². The Balaban J connectivity index is 1.58. The molecule has 0 aliphatic heterocycles. The lowest BCUT2D eigenvalue weighted by atomic mass is 10.0. The van der Waals surface area contributed by atoms with E-state index in [1.807, 2.05) is 30.4 Å². The smallest absolute Gasteiger partial charge is 0.336 e. The molecule has 0 bridgehead atoms. The summed E-state index contributed by atoms with van der Waals surface area (Å²) in [7, 11) is 0. The van der Waals surface area contributed by atoms with Crippen LogP contribution in [0.25, 0.3) is 23.1 Å². The highest BCUT2D eigenvalue weighted by Gasteiger charge is 2.19. The zero-order chi connectivity index (χ0) is 25.7. The van der Waals surface area contributed by atoms with E-state index in [0.717, 1.165) is 16.7 Å². The lowest BCUT2D eigenvalue weighted by Crippen LogP contribution is -2.42. The van der Waals surface area contributed by atoms with Gasteiger partial charge in [-0.05, 0) is 65.6 Å². The number of aromatic hydroxyl groups is 1. The Morgan fingerprint density at radius 3 is 2.31 bits per heavy atom. The number of benzene rings is 3.